The third kappa shape index (κ3) is 4.72. The Hall–Kier alpha value is -1.83. The molecular weight excluding hydrogens is 388 g/mol. The fraction of sp³-hybridized carbons (Fsp3) is 0.421. The van der Waals surface area contributed by atoms with Crippen LogP contribution < -0.4 is 5.32 Å². The lowest BCUT2D eigenvalue weighted by atomic mass is 10.1. The van der Waals surface area contributed by atoms with Crippen molar-refractivity contribution >= 4 is 27.5 Å². The lowest BCUT2D eigenvalue weighted by molar-refractivity contribution is 0.0938. The number of carbonyl (C=O) groups is 1. The second-order valence-corrected chi connectivity index (χ2v) is 9.06. The van der Waals surface area contributed by atoms with Gasteiger partial charge in [0.15, 0.2) is 0 Å². The third-order valence-corrected chi connectivity index (χ3v) is 7.04. The quantitative estimate of drug-likeness (QED) is 0.757. The Morgan fingerprint density at radius 3 is 2.70 bits per heavy atom. The number of amides is 1. The van der Waals surface area contributed by atoms with Gasteiger partial charge in [-0.2, -0.15) is 4.31 Å². The Kier molecular flexibility index (Phi) is 6.24. The number of benzene rings is 1. The lowest BCUT2D eigenvalue weighted by Crippen LogP contribution is -2.33. The number of nitrogens with zero attached hydrogens (tertiary/aromatic N) is 1. The maximum absolute atomic E-state index is 12.8. The van der Waals surface area contributed by atoms with Crippen LogP contribution in [0.4, 0.5) is 0 Å². The van der Waals surface area contributed by atoms with Gasteiger partial charge >= 0.3 is 0 Å². The summed E-state index contributed by atoms with van der Waals surface area (Å²) in [6, 6.07) is 8.01. The van der Waals surface area contributed by atoms with Gasteiger partial charge in [0.25, 0.3) is 5.91 Å². The number of halogens is 1. The van der Waals surface area contributed by atoms with Crippen molar-refractivity contribution in [1.82, 2.24) is 9.62 Å². The average molecular weight is 411 g/mol. The molecule has 27 heavy (non-hydrogen) atoms. The normalized spacial score (nSPS) is 16.4. The van der Waals surface area contributed by atoms with E-state index in [9.17, 15) is 13.2 Å². The lowest BCUT2D eigenvalue weighted by Gasteiger charge is -2.18. The number of aryl methyl sites for hydroxylation is 1. The van der Waals surface area contributed by atoms with Gasteiger partial charge in [0.05, 0.1) is 11.3 Å². The summed E-state index contributed by atoms with van der Waals surface area (Å²) in [5.74, 6) is 0.540. The Morgan fingerprint density at radius 1 is 1.30 bits per heavy atom. The number of hydrogen-bond acceptors (Lipinski definition) is 4. The van der Waals surface area contributed by atoms with E-state index in [4.69, 9.17) is 16.0 Å². The van der Waals surface area contributed by atoms with Crippen LogP contribution in [0.2, 0.25) is 5.02 Å². The number of furan rings is 1. The van der Waals surface area contributed by atoms with Crippen LogP contribution in [0.5, 0.6) is 0 Å². The first-order valence-electron chi connectivity index (χ1n) is 9.01. The molecule has 1 saturated heterocycles. The van der Waals surface area contributed by atoms with Crippen LogP contribution in [0.1, 0.15) is 42.3 Å². The van der Waals surface area contributed by atoms with Crippen molar-refractivity contribution in [1.29, 1.82) is 0 Å². The zero-order valence-electron chi connectivity index (χ0n) is 15.2. The molecule has 0 saturated carbocycles. The van der Waals surface area contributed by atoms with E-state index in [-0.39, 0.29) is 27.4 Å². The molecule has 0 aliphatic carbocycles. The monoisotopic (exact) mass is 410 g/mol. The van der Waals surface area contributed by atoms with Gasteiger partial charge in [0.2, 0.25) is 10.0 Å². The minimum Gasteiger partial charge on any atom is -0.469 e. The average Bonchev–Trinajstić information content (AvgIpc) is 3.34. The highest BCUT2D eigenvalue weighted by molar-refractivity contribution is 7.89. The summed E-state index contributed by atoms with van der Waals surface area (Å²) in [5, 5.41) is 3.02. The van der Waals surface area contributed by atoms with Crippen molar-refractivity contribution < 1.29 is 17.6 Å². The van der Waals surface area contributed by atoms with Crippen molar-refractivity contribution in [2.24, 2.45) is 0 Å². The predicted octanol–water partition coefficient (Wildman–Crippen LogP) is 3.47. The molecule has 1 atom stereocenters. The second-order valence-electron chi connectivity index (χ2n) is 6.75. The molecule has 1 aromatic carbocycles. The van der Waals surface area contributed by atoms with Gasteiger partial charge in [0, 0.05) is 31.1 Å². The fourth-order valence-corrected chi connectivity index (χ4v) is 5.12. The maximum Gasteiger partial charge on any atom is 0.251 e. The maximum atomic E-state index is 12.8. The summed E-state index contributed by atoms with van der Waals surface area (Å²) in [6.07, 6.45) is 4.72. The van der Waals surface area contributed by atoms with E-state index in [1.165, 1.54) is 16.4 Å². The molecule has 0 spiro atoms. The Bertz CT molecular complexity index is 890. The molecule has 0 radical (unpaired) electrons. The molecule has 1 aromatic heterocycles. The van der Waals surface area contributed by atoms with Gasteiger partial charge in [-0.1, -0.05) is 11.6 Å². The van der Waals surface area contributed by atoms with Crippen molar-refractivity contribution in [3.05, 3.63) is 52.9 Å². The van der Waals surface area contributed by atoms with Crippen LogP contribution in [0.15, 0.2) is 45.9 Å². The van der Waals surface area contributed by atoms with Gasteiger partial charge in [-0.05, 0) is 56.5 Å². The summed E-state index contributed by atoms with van der Waals surface area (Å²) in [5.41, 5.74) is 0.280. The summed E-state index contributed by atoms with van der Waals surface area (Å²) >= 11 is 6.13. The first kappa shape index (κ1) is 19.9. The van der Waals surface area contributed by atoms with E-state index in [0.717, 1.165) is 18.6 Å². The van der Waals surface area contributed by atoms with Crippen LogP contribution in [0.3, 0.4) is 0 Å². The van der Waals surface area contributed by atoms with E-state index in [1.807, 2.05) is 19.1 Å². The van der Waals surface area contributed by atoms with Crippen molar-refractivity contribution in [2.45, 2.75) is 43.5 Å². The minimum absolute atomic E-state index is 0.0121. The van der Waals surface area contributed by atoms with E-state index in [2.05, 4.69) is 5.32 Å². The van der Waals surface area contributed by atoms with Crippen LogP contribution >= 0.6 is 11.6 Å². The van der Waals surface area contributed by atoms with Crippen molar-refractivity contribution in [3.8, 4) is 0 Å². The van der Waals surface area contributed by atoms with Crippen molar-refractivity contribution in [3.63, 3.8) is 0 Å². The molecule has 8 heteroatoms. The predicted molar refractivity (Wildman–Crippen MR) is 103 cm³/mol. The zero-order chi connectivity index (χ0) is 19.4. The molecule has 1 aliphatic rings. The summed E-state index contributed by atoms with van der Waals surface area (Å²) in [7, 11) is -3.68. The molecule has 3 rings (SSSR count). The molecule has 146 valence electrons. The minimum atomic E-state index is -3.68. The summed E-state index contributed by atoms with van der Waals surface area (Å²) < 4.78 is 32.3. The first-order chi connectivity index (χ1) is 12.9. The Morgan fingerprint density at radius 2 is 2.04 bits per heavy atom. The van der Waals surface area contributed by atoms with E-state index >= 15 is 0 Å². The zero-order valence-corrected chi connectivity index (χ0v) is 16.7. The topological polar surface area (TPSA) is 79.6 Å². The highest BCUT2D eigenvalue weighted by Crippen LogP contribution is 2.28. The summed E-state index contributed by atoms with van der Waals surface area (Å²) in [6.45, 7) is 2.87. The molecule has 0 bridgehead atoms. The Labute approximate surface area is 164 Å². The van der Waals surface area contributed by atoms with Gasteiger partial charge in [0.1, 0.15) is 10.7 Å². The van der Waals surface area contributed by atoms with Gasteiger partial charge in [-0.15, -0.1) is 0 Å². The number of rotatable bonds is 7. The SMILES string of the molecule is C[C@@H](CCc1ccco1)NC(=O)c1ccc(Cl)c(S(=O)(=O)N2CCCC2)c1. The molecule has 1 amide bonds. The van der Waals surface area contributed by atoms with Gasteiger partial charge in [-0.25, -0.2) is 8.42 Å². The smallest absolute Gasteiger partial charge is 0.251 e. The van der Waals surface area contributed by atoms with Crippen LogP contribution in [-0.4, -0.2) is 37.8 Å². The van der Waals surface area contributed by atoms with Crippen molar-refractivity contribution in [2.75, 3.05) is 13.1 Å². The largest absolute Gasteiger partial charge is 0.469 e. The number of hydrogen-bond donors (Lipinski definition) is 1. The highest BCUT2D eigenvalue weighted by atomic mass is 35.5. The molecule has 6 nitrogen and oxygen atoms in total. The molecule has 1 N–H and O–H groups in total. The molecule has 0 unspecified atom stereocenters. The molecule has 1 fully saturated rings. The van der Waals surface area contributed by atoms with E-state index in [1.54, 1.807) is 12.3 Å². The van der Waals surface area contributed by atoms with Gasteiger partial charge in [-0.3, -0.25) is 4.79 Å². The van der Waals surface area contributed by atoms with E-state index < -0.39 is 10.0 Å². The second kappa shape index (κ2) is 8.46. The summed E-state index contributed by atoms with van der Waals surface area (Å²) in [4.78, 5) is 12.5. The van der Waals surface area contributed by atoms with Gasteiger partial charge < -0.3 is 9.73 Å². The first-order valence-corrected chi connectivity index (χ1v) is 10.8. The molecule has 2 aromatic rings. The molecule has 2 heterocycles. The molecular formula is C19H23ClN2O4S. The molecule has 1 aliphatic heterocycles. The van der Waals surface area contributed by atoms with E-state index in [0.29, 0.717) is 25.9 Å². The van der Waals surface area contributed by atoms with Crippen LogP contribution in [0.25, 0.3) is 0 Å². The Balaban J connectivity index is 1.70. The van der Waals surface area contributed by atoms with Crippen LogP contribution in [-0.2, 0) is 16.4 Å². The number of carbonyl (C=O) groups excluding carboxylic acids is 1. The van der Waals surface area contributed by atoms with Crippen LogP contribution in [0, 0.1) is 0 Å². The number of nitrogens with one attached hydrogen (secondary N) is 1. The fourth-order valence-electron chi connectivity index (χ4n) is 3.10. The third-order valence-electron chi connectivity index (χ3n) is 4.66. The highest BCUT2D eigenvalue weighted by Gasteiger charge is 2.29. The standard InChI is InChI=1S/C19H23ClN2O4S/c1-14(6-8-16-5-4-12-26-16)21-19(23)15-7-9-17(20)18(13-15)27(24,25)22-10-2-3-11-22/h4-5,7,9,12-14H,2-3,6,8,10-11H2,1H3,(H,21,23)/t14-/m0/s1. The number of sulfonamides is 1.